The number of rotatable bonds is 6. The van der Waals surface area contributed by atoms with Crippen molar-refractivity contribution in [2.45, 2.75) is 38.9 Å². The maximum atomic E-state index is 13.0. The number of aromatic nitrogens is 4. The number of nitriles is 1. The Bertz CT molecular complexity index is 1110. The summed E-state index contributed by atoms with van der Waals surface area (Å²) in [4.78, 5) is 20.6. The Labute approximate surface area is 182 Å². The molecule has 3 atom stereocenters. The minimum absolute atomic E-state index is 0.100. The zero-order valence-corrected chi connectivity index (χ0v) is 17.3. The van der Waals surface area contributed by atoms with Crippen LogP contribution in [0.15, 0.2) is 42.6 Å². The quantitative estimate of drug-likeness (QED) is 0.728. The second-order valence-corrected chi connectivity index (χ2v) is 8.13. The number of allylic oxidation sites excluding steroid dienone is 4. The Kier molecular flexibility index (Phi) is 5.59. The highest BCUT2D eigenvalue weighted by atomic mass is 19.4. The van der Waals surface area contributed by atoms with E-state index in [1.165, 1.54) is 17.8 Å². The zero-order chi connectivity index (χ0) is 22.9. The topological polar surface area (TPSA) is 96.5 Å². The normalized spacial score (nSPS) is 24.2. The van der Waals surface area contributed by atoms with E-state index in [1.807, 2.05) is 24.3 Å². The number of carbonyl (C=O) groups excluding carboxylic acids is 1. The van der Waals surface area contributed by atoms with Gasteiger partial charge in [-0.25, -0.2) is 14.6 Å². The summed E-state index contributed by atoms with van der Waals surface area (Å²) in [5, 5.41) is 15.3. The maximum Gasteiger partial charge on any atom is 0.453 e. The predicted molar refractivity (Wildman–Crippen MR) is 109 cm³/mol. The van der Waals surface area contributed by atoms with E-state index >= 15 is 0 Å². The molecule has 1 N–H and O–H groups in total. The minimum Gasteiger partial charge on any atom is -0.310 e. The van der Waals surface area contributed by atoms with Gasteiger partial charge in [0.15, 0.2) is 0 Å². The molecule has 2 aliphatic rings. The van der Waals surface area contributed by atoms with Crippen LogP contribution >= 0.6 is 0 Å². The van der Waals surface area contributed by atoms with E-state index in [2.05, 4.69) is 26.5 Å². The summed E-state index contributed by atoms with van der Waals surface area (Å²) in [5.74, 6) is -0.987. The summed E-state index contributed by atoms with van der Waals surface area (Å²) in [6.07, 6.45) is 6.64. The molecule has 166 valence electrons. The molecule has 7 nitrogen and oxygen atoms in total. The van der Waals surface area contributed by atoms with Crippen molar-refractivity contribution in [3.8, 4) is 6.07 Å². The van der Waals surface area contributed by atoms with Crippen LogP contribution in [0.4, 0.5) is 19.0 Å². The molecule has 2 aromatic heterocycles. The van der Waals surface area contributed by atoms with Crippen LogP contribution in [0.1, 0.15) is 36.5 Å². The van der Waals surface area contributed by atoms with Crippen molar-refractivity contribution in [1.29, 1.82) is 5.26 Å². The molecule has 0 aliphatic heterocycles. The van der Waals surface area contributed by atoms with Crippen molar-refractivity contribution in [3.05, 3.63) is 59.8 Å². The van der Waals surface area contributed by atoms with Crippen LogP contribution in [0, 0.1) is 35.5 Å². The molecule has 0 saturated heterocycles. The van der Waals surface area contributed by atoms with Crippen LogP contribution < -0.4 is 5.32 Å². The molecule has 0 bridgehead atoms. The number of aryl methyl sites for hydroxylation is 2. The second-order valence-electron chi connectivity index (χ2n) is 8.13. The summed E-state index contributed by atoms with van der Waals surface area (Å²) < 4.78 is 40.1. The van der Waals surface area contributed by atoms with Crippen molar-refractivity contribution >= 4 is 11.7 Å². The molecule has 1 amide bonds. The van der Waals surface area contributed by atoms with Crippen molar-refractivity contribution < 1.29 is 18.0 Å². The highest BCUT2D eigenvalue weighted by molar-refractivity contribution is 5.94. The van der Waals surface area contributed by atoms with Crippen LogP contribution in [0.25, 0.3) is 0 Å². The Balaban J connectivity index is 1.50. The van der Waals surface area contributed by atoms with Gasteiger partial charge in [-0.1, -0.05) is 24.3 Å². The van der Waals surface area contributed by atoms with Crippen LogP contribution in [0.2, 0.25) is 0 Å². The first kappa shape index (κ1) is 21.7. The monoisotopic (exact) mass is 442 g/mol. The number of nitrogens with zero attached hydrogens (tertiary/aromatic N) is 5. The summed E-state index contributed by atoms with van der Waals surface area (Å²) >= 11 is 0. The number of hydrogen-bond donors (Lipinski definition) is 1. The van der Waals surface area contributed by atoms with E-state index in [9.17, 15) is 18.0 Å². The van der Waals surface area contributed by atoms with E-state index in [1.54, 1.807) is 12.1 Å². The van der Waals surface area contributed by atoms with Crippen LogP contribution in [0.3, 0.4) is 0 Å². The standard InChI is InChI=1S/C22H21F3N6O/c1-14-28-20(22(23,24)25)30-31(14)10-9-21(16-5-3-2-4-6-16)11-17(21)19(32)29-18-8-7-15(12-26)13-27-18/h2-5,7-8,13,16-17H,6,9-11H2,1H3,(H,27,29,32)/t16?,17-,21-/m0/s1. The van der Waals surface area contributed by atoms with E-state index in [4.69, 9.17) is 5.26 Å². The summed E-state index contributed by atoms with van der Waals surface area (Å²) in [6, 6.07) is 5.12. The third-order valence-corrected chi connectivity index (χ3v) is 6.20. The maximum absolute atomic E-state index is 13.0. The van der Waals surface area contributed by atoms with Gasteiger partial charge in [0.2, 0.25) is 5.91 Å². The fraction of sp³-hybridized carbons (Fsp3) is 0.409. The molecule has 1 saturated carbocycles. The summed E-state index contributed by atoms with van der Waals surface area (Å²) in [5.41, 5.74) is 0.0127. The average molecular weight is 442 g/mol. The summed E-state index contributed by atoms with van der Waals surface area (Å²) in [7, 11) is 0. The van der Waals surface area contributed by atoms with Crippen LogP contribution in [0.5, 0.6) is 0 Å². The van der Waals surface area contributed by atoms with Gasteiger partial charge in [0, 0.05) is 18.7 Å². The number of pyridine rings is 1. The number of halogens is 3. The average Bonchev–Trinajstić information content (AvgIpc) is 3.40. The number of nitrogens with one attached hydrogen (secondary N) is 1. The molecule has 0 spiro atoms. The third kappa shape index (κ3) is 4.28. The largest absolute Gasteiger partial charge is 0.453 e. The molecule has 2 aromatic rings. The first-order valence-electron chi connectivity index (χ1n) is 10.2. The fourth-order valence-electron chi connectivity index (χ4n) is 4.37. The molecular weight excluding hydrogens is 421 g/mol. The predicted octanol–water partition coefficient (Wildman–Crippen LogP) is 4.04. The second kappa shape index (κ2) is 8.22. The highest BCUT2D eigenvalue weighted by Gasteiger charge is 2.60. The molecule has 1 unspecified atom stereocenters. The Morgan fingerprint density at radius 2 is 2.19 bits per heavy atom. The number of carbonyl (C=O) groups is 1. The fourth-order valence-corrected chi connectivity index (χ4v) is 4.37. The van der Waals surface area contributed by atoms with Gasteiger partial charge in [-0.05, 0) is 49.7 Å². The Morgan fingerprint density at radius 3 is 2.78 bits per heavy atom. The van der Waals surface area contributed by atoms with Crippen molar-refractivity contribution in [3.63, 3.8) is 0 Å². The van der Waals surface area contributed by atoms with Gasteiger partial charge in [-0.15, -0.1) is 5.10 Å². The van der Waals surface area contributed by atoms with Gasteiger partial charge in [-0.3, -0.25) is 4.79 Å². The van der Waals surface area contributed by atoms with Crippen LogP contribution in [-0.2, 0) is 17.5 Å². The molecule has 2 heterocycles. The molecule has 32 heavy (non-hydrogen) atoms. The molecule has 2 aliphatic carbocycles. The minimum atomic E-state index is -4.60. The molecule has 1 fully saturated rings. The molecular formula is C22H21F3N6O. The van der Waals surface area contributed by atoms with Gasteiger partial charge >= 0.3 is 6.18 Å². The van der Waals surface area contributed by atoms with E-state index < -0.39 is 12.0 Å². The highest BCUT2D eigenvalue weighted by Crippen LogP contribution is 2.62. The Morgan fingerprint density at radius 1 is 1.38 bits per heavy atom. The lowest BCUT2D eigenvalue weighted by Crippen LogP contribution is -2.26. The van der Waals surface area contributed by atoms with Crippen molar-refractivity contribution in [2.75, 3.05) is 5.32 Å². The van der Waals surface area contributed by atoms with Crippen LogP contribution in [-0.4, -0.2) is 25.7 Å². The lowest BCUT2D eigenvalue weighted by atomic mass is 9.79. The number of anilines is 1. The van der Waals surface area contributed by atoms with E-state index in [-0.39, 0.29) is 35.5 Å². The lowest BCUT2D eigenvalue weighted by Gasteiger charge is -2.26. The van der Waals surface area contributed by atoms with Gasteiger partial charge in [0.05, 0.1) is 5.56 Å². The SMILES string of the molecule is Cc1nc(C(F)(F)F)nn1CC[C@@]1(C2C=CC=CC2)C[C@H]1C(=O)Nc1ccc(C#N)cn1. The van der Waals surface area contributed by atoms with Gasteiger partial charge < -0.3 is 5.32 Å². The molecule has 10 heteroatoms. The number of alkyl halides is 3. The molecule has 0 radical (unpaired) electrons. The first-order chi connectivity index (χ1) is 15.2. The smallest absolute Gasteiger partial charge is 0.310 e. The molecule has 0 aromatic carbocycles. The van der Waals surface area contributed by atoms with Gasteiger partial charge in [0.1, 0.15) is 17.7 Å². The van der Waals surface area contributed by atoms with Gasteiger partial charge in [0.25, 0.3) is 5.82 Å². The molecule has 4 rings (SSSR count). The van der Waals surface area contributed by atoms with Crippen molar-refractivity contribution in [2.24, 2.45) is 17.3 Å². The van der Waals surface area contributed by atoms with E-state index in [0.717, 1.165) is 6.42 Å². The number of amides is 1. The van der Waals surface area contributed by atoms with Gasteiger partial charge in [-0.2, -0.15) is 18.4 Å². The zero-order valence-electron chi connectivity index (χ0n) is 17.3. The first-order valence-corrected chi connectivity index (χ1v) is 10.2. The Hall–Kier alpha value is -3.48. The summed E-state index contributed by atoms with van der Waals surface area (Å²) in [6.45, 7) is 1.73. The van der Waals surface area contributed by atoms with Crippen molar-refractivity contribution in [1.82, 2.24) is 19.7 Å². The van der Waals surface area contributed by atoms with E-state index in [0.29, 0.717) is 24.2 Å². The number of hydrogen-bond acceptors (Lipinski definition) is 5. The third-order valence-electron chi connectivity index (χ3n) is 6.20. The lowest BCUT2D eigenvalue weighted by molar-refractivity contribution is -0.145.